The predicted octanol–water partition coefficient (Wildman–Crippen LogP) is 3.56. The van der Waals surface area contributed by atoms with Gasteiger partial charge in [-0.15, -0.1) is 0 Å². The van der Waals surface area contributed by atoms with Crippen molar-refractivity contribution in [2.75, 3.05) is 11.9 Å². The predicted molar refractivity (Wildman–Crippen MR) is 93.8 cm³/mol. The van der Waals surface area contributed by atoms with Crippen LogP contribution in [0.4, 0.5) is 5.82 Å². The highest BCUT2D eigenvalue weighted by Gasteiger charge is 2.32. The molecule has 0 aliphatic heterocycles. The van der Waals surface area contributed by atoms with E-state index >= 15 is 0 Å². The van der Waals surface area contributed by atoms with Gasteiger partial charge in [-0.3, -0.25) is 5.10 Å². The minimum Gasteiger partial charge on any atom is -0.348 e. The molecule has 2 heterocycles. The van der Waals surface area contributed by atoms with Gasteiger partial charge in [0.15, 0.2) is 5.65 Å². The van der Waals surface area contributed by atoms with Gasteiger partial charge in [0.1, 0.15) is 12.1 Å². The first-order chi connectivity index (χ1) is 11.8. The van der Waals surface area contributed by atoms with Gasteiger partial charge in [-0.05, 0) is 22.3 Å². The molecule has 0 fully saturated rings. The van der Waals surface area contributed by atoms with Gasteiger partial charge in [0.2, 0.25) is 0 Å². The molecule has 24 heavy (non-hydrogen) atoms. The fourth-order valence-corrected chi connectivity index (χ4v) is 3.70. The van der Waals surface area contributed by atoms with Crippen molar-refractivity contribution in [3.8, 4) is 11.1 Å². The van der Waals surface area contributed by atoms with Crippen LogP contribution < -0.4 is 4.90 Å². The van der Waals surface area contributed by atoms with E-state index in [2.05, 4.69) is 80.6 Å². The number of fused-ring (bicyclic) bond motifs is 4. The third-order valence-corrected chi connectivity index (χ3v) is 4.75. The molecule has 4 aromatic rings. The summed E-state index contributed by atoms with van der Waals surface area (Å²) in [7, 11) is 2.08. The van der Waals surface area contributed by atoms with Crippen LogP contribution in [0, 0.1) is 0 Å². The molecule has 0 bridgehead atoms. The molecule has 0 radical (unpaired) electrons. The molecule has 116 valence electrons. The zero-order valence-corrected chi connectivity index (χ0v) is 13.1. The molecule has 0 atom stereocenters. The second kappa shape index (κ2) is 4.89. The zero-order valence-electron chi connectivity index (χ0n) is 13.1. The third kappa shape index (κ3) is 1.72. The Kier molecular flexibility index (Phi) is 2.70. The van der Waals surface area contributed by atoms with E-state index in [0.717, 1.165) is 16.9 Å². The van der Waals surface area contributed by atoms with Gasteiger partial charge in [-0.1, -0.05) is 48.5 Å². The number of aromatic nitrogens is 4. The molecule has 0 spiro atoms. The highest BCUT2D eigenvalue weighted by molar-refractivity contribution is 5.88. The Morgan fingerprint density at radius 3 is 2.29 bits per heavy atom. The molecule has 0 saturated carbocycles. The quantitative estimate of drug-likeness (QED) is 0.615. The lowest BCUT2D eigenvalue weighted by atomic mass is 10.0. The topological polar surface area (TPSA) is 57.7 Å². The molecule has 1 aliphatic carbocycles. The van der Waals surface area contributed by atoms with E-state index < -0.39 is 0 Å². The Morgan fingerprint density at radius 1 is 0.917 bits per heavy atom. The van der Waals surface area contributed by atoms with Crippen LogP contribution >= 0.6 is 0 Å². The molecule has 0 saturated heterocycles. The van der Waals surface area contributed by atoms with Crippen molar-refractivity contribution in [3.63, 3.8) is 0 Å². The average molecular weight is 313 g/mol. The summed E-state index contributed by atoms with van der Waals surface area (Å²) < 4.78 is 0. The lowest BCUT2D eigenvalue weighted by Gasteiger charge is -2.27. The largest absolute Gasteiger partial charge is 0.348 e. The molecular formula is C19H15N5. The summed E-state index contributed by atoms with van der Waals surface area (Å²) in [6, 6.07) is 17.3. The highest BCUT2D eigenvalue weighted by Crippen LogP contribution is 2.47. The summed E-state index contributed by atoms with van der Waals surface area (Å²) >= 11 is 0. The lowest BCUT2D eigenvalue weighted by molar-refractivity contribution is 0.790. The number of aromatic amines is 1. The molecule has 1 aliphatic rings. The van der Waals surface area contributed by atoms with Gasteiger partial charge in [0.25, 0.3) is 0 Å². The Bertz CT molecular complexity index is 1010. The van der Waals surface area contributed by atoms with Crippen molar-refractivity contribution >= 4 is 16.9 Å². The first-order valence-corrected chi connectivity index (χ1v) is 7.90. The summed E-state index contributed by atoms with van der Waals surface area (Å²) in [5.74, 6) is 0.880. The summed E-state index contributed by atoms with van der Waals surface area (Å²) in [5, 5.41) is 7.95. The normalized spacial score (nSPS) is 13.0. The number of hydrogen-bond donors (Lipinski definition) is 1. The first kappa shape index (κ1) is 13.2. The van der Waals surface area contributed by atoms with Gasteiger partial charge in [-0.25, -0.2) is 9.97 Å². The smallest absolute Gasteiger partial charge is 0.160 e. The molecule has 2 aromatic heterocycles. The minimum atomic E-state index is 0.130. The van der Waals surface area contributed by atoms with Gasteiger partial charge < -0.3 is 4.90 Å². The Balaban J connectivity index is 1.73. The maximum atomic E-state index is 4.52. The maximum Gasteiger partial charge on any atom is 0.160 e. The summed E-state index contributed by atoms with van der Waals surface area (Å²) in [6.45, 7) is 0. The summed E-state index contributed by atoms with van der Waals surface area (Å²) in [6.07, 6.45) is 3.37. The van der Waals surface area contributed by atoms with E-state index in [9.17, 15) is 0 Å². The van der Waals surface area contributed by atoms with Crippen LogP contribution in [0.3, 0.4) is 0 Å². The third-order valence-electron chi connectivity index (χ3n) is 4.75. The SMILES string of the molecule is CN(c1ncnc2[nH]ncc12)C1c2ccccc2-c2ccccc21. The summed E-state index contributed by atoms with van der Waals surface area (Å²) in [5.41, 5.74) is 5.95. The van der Waals surface area contributed by atoms with Crippen molar-refractivity contribution in [3.05, 3.63) is 72.2 Å². The van der Waals surface area contributed by atoms with Gasteiger partial charge in [0.05, 0.1) is 17.6 Å². The van der Waals surface area contributed by atoms with Crippen LogP contribution in [0.15, 0.2) is 61.1 Å². The molecule has 0 unspecified atom stereocenters. The molecule has 2 aromatic carbocycles. The highest BCUT2D eigenvalue weighted by atomic mass is 15.2. The van der Waals surface area contributed by atoms with Crippen molar-refractivity contribution in [2.45, 2.75) is 6.04 Å². The number of nitrogens with one attached hydrogen (secondary N) is 1. The van der Waals surface area contributed by atoms with Gasteiger partial charge >= 0.3 is 0 Å². The van der Waals surface area contributed by atoms with Crippen LogP contribution in [0.1, 0.15) is 17.2 Å². The maximum absolute atomic E-state index is 4.52. The molecule has 1 N–H and O–H groups in total. The van der Waals surface area contributed by atoms with Crippen molar-refractivity contribution in [1.82, 2.24) is 20.2 Å². The van der Waals surface area contributed by atoms with E-state index in [0.29, 0.717) is 0 Å². The van der Waals surface area contributed by atoms with E-state index in [4.69, 9.17) is 0 Å². The van der Waals surface area contributed by atoms with Crippen molar-refractivity contribution < 1.29 is 0 Å². The van der Waals surface area contributed by atoms with Crippen LogP contribution in [0.2, 0.25) is 0 Å². The van der Waals surface area contributed by atoms with E-state index in [1.54, 1.807) is 12.5 Å². The standard InChI is InChI=1S/C19H15N5/c1-24(19-16-10-22-23-18(16)20-11-21-19)17-14-8-4-2-6-12(14)13-7-3-5-9-15(13)17/h2-11,17H,1H3,(H,20,21,22,23). The second-order valence-corrected chi connectivity index (χ2v) is 6.02. The van der Waals surface area contributed by atoms with Gasteiger partial charge in [-0.2, -0.15) is 5.10 Å². The van der Waals surface area contributed by atoms with Crippen molar-refractivity contribution in [1.29, 1.82) is 0 Å². The lowest BCUT2D eigenvalue weighted by Crippen LogP contribution is -2.24. The van der Waals surface area contributed by atoms with E-state index in [-0.39, 0.29) is 6.04 Å². The Morgan fingerprint density at radius 2 is 1.58 bits per heavy atom. The van der Waals surface area contributed by atoms with E-state index in [1.807, 2.05) is 0 Å². The molecule has 0 amide bonds. The van der Waals surface area contributed by atoms with E-state index in [1.165, 1.54) is 22.3 Å². The fraction of sp³-hybridized carbons (Fsp3) is 0.105. The van der Waals surface area contributed by atoms with Crippen LogP contribution in [0.5, 0.6) is 0 Å². The van der Waals surface area contributed by atoms with Gasteiger partial charge in [0, 0.05) is 7.05 Å². The molecular weight excluding hydrogens is 298 g/mol. The monoisotopic (exact) mass is 313 g/mol. The Hall–Kier alpha value is -3.21. The zero-order chi connectivity index (χ0) is 16.1. The number of rotatable bonds is 2. The van der Waals surface area contributed by atoms with Crippen molar-refractivity contribution in [2.24, 2.45) is 0 Å². The Labute approximate surface area is 139 Å². The molecule has 5 heteroatoms. The summed E-state index contributed by atoms with van der Waals surface area (Å²) in [4.78, 5) is 11.0. The molecule has 5 rings (SSSR count). The second-order valence-electron chi connectivity index (χ2n) is 6.02. The number of hydrogen-bond acceptors (Lipinski definition) is 4. The van der Waals surface area contributed by atoms with Crippen LogP contribution in [-0.4, -0.2) is 27.2 Å². The number of anilines is 1. The minimum absolute atomic E-state index is 0.130. The average Bonchev–Trinajstić information content (AvgIpc) is 3.23. The van der Waals surface area contributed by atoms with Crippen LogP contribution in [0.25, 0.3) is 22.2 Å². The number of nitrogens with zero attached hydrogens (tertiary/aromatic N) is 4. The molecule has 5 nitrogen and oxygen atoms in total. The fourth-order valence-electron chi connectivity index (χ4n) is 3.70. The number of H-pyrrole nitrogens is 1. The van der Waals surface area contributed by atoms with Crippen LogP contribution in [-0.2, 0) is 0 Å². The first-order valence-electron chi connectivity index (χ1n) is 7.90. The number of benzene rings is 2.